The van der Waals surface area contributed by atoms with Gasteiger partial charge in [0.2, 0.25) is 0 Å². The molecule has 1 N–H and O–H groups in total. The van der Waals surface area contributed by atoms with Crippen LogP contribution in [0.4, 0.5) is 11.4 Å². The summed E-state index contributed by atoms with van der Waals surface area (Å²) in [7, 11) is 0. The van der Waals surface area contributed by atoms with E-state index in [4.69, 9.17) is 27.9 Å². The van der Waals surface area contributed by atoms with Gasteiger partial charge < -0.3 is 19.9 Å². The van der Waals surface area contributed by atoms with Gasteiger partial charge in [0.1, 0.15) is 0 Å². The summed E-state index contributed by atoms with van der Waals surface area (Å²) in [4.78, 5) is 29.5. The Hall–Kier alpha value is -3.22. The van der Waals surface area contributed by atoms with Crippen molar-refractivity contribution in [2.24, 2.45) is 0 Å². The summed E-state index contributed by atoms with van der Waals surface area (Å²) in [5.74, 6) is -0.490. The average molecular weight is 526 g/mol. The smallest absolute Gasteiger partial charge is 0.338 e. The Morgan fingerprint density at radius 1 is 0.861 bits per heavy atom. The molecule has 1 aliphatic rings. The number of halogens is 2. The first-order chi connectivity index (χ1) is 17.4. The SMILES string of the molecule is CCOC(=O)c1ccc(CCNC(=O)c2cc(Cl)ccc2N2CCN(c3ccc(Cl)cc3)CC2)cc1. The number of carbonyl (C=O) groups is 2. The van der Waals surface area contributed by atoms with Gasteiger partial charge in [-0.1, -0.05) is 35.3 Å². The van der Waals surface area contributed by atoms with Crippen LogP contribution in [0.3, 0.4) is 0 Å². The lowest BCUT2D eigenvalue weighted by Crippen LogP contribution is -2.47. The number of piperazine rings is 1. The molecule has 1 saturated heterocycles. The highest BCUT2D eigenvalue weighted by molar-refractivity contribution is 6.31. The molecule has 4 rings (SSSR count). The van der Waals surface area contributed by atoms with E-state index in [2.05, 4.69) is 15.1 Å². The Morgan fingerprint density at radius 2 is 1.50 bits per heavy atom. The molecule has 0 radical (unpaired) electrons. The number of ether oxygens (including phenoxy) is 1. The zero-order valence-corrected chi connectivity index (χ0v) is 21.7. The van der Waals surface area contributed by atoms with Crippen molar-refractivity contribution in [3.05, 3.63) is 93.5 Å². The van der Waals surface area contributed by atoms with E-state index in [1.54, 1.807) is 25.1 Å². The number of anilines is 2. The van der Waals surface area contributed by atoms with Crippen molar-refractivity contribution >= 4 is 46.5 Å². The van der Waals surface area contributed by atoms with Gasteiger partial charge in [-0.05, 0) is 73.5 Å². The molecule has 0 aromatic heterocycles. The highest BCUT2D eigenvalue weighted by Gasteiger charge is 2.22. The predicted molar refractivity (Wildman–Crippen MR) is 146 cm³/mol. The normalized spacial score (nSPS) is 13.4. The van der Waals surface area contributed by atoms with Crippen LogP contribution in [-0.2, 0) is 11.2 Å². The van der Waals surface area contributed by atoms with Crippen LogP contribution in [0.2, 0.25) is 10.0 Å². The second-order valence-electron chi connectivity index (χ2n) is 8.54. The second kappa shape index (κ2) is 12.2. The zero-order valence-electron chi connectivity index (χ0n) is 20.2. The number of hydrogen-bond acceptors (Lipinski definition) is 5. The Labute approximate surface area is 221 Å². The van der Waals surface area contributed by atoms with Crippen molar-refractivity contribution in [2.75, 3.05) is 49.1 Å². The molecule has 8 heteroatoms. The van der Waals surface area contributed by atoms with E-state index in [-0.39, 0.29) is 11.9 Å². The molecular weight excluding hydrogens is 497 g/mol. The summed E-state index contributed by atoms with van der Waals surface area (Å²) >= 11 is 12.3. The quantitative estimate of drug-likeness (QED) is 0.395. The fraction of sp³-hybridized carbons (Fsp3) is 0.286. The molecule has 0 unspecified atom stereocenters. The standard InChI is InChI=1S/C28H29Cl2N3O3/c1-2-36-28(35)21-5-3-20(4-6-21)13-14-31-27(34)25-19-23(30)9-12-26(25)33-17-15-32(16-18-33)24-10-7-22(29)8-11-24/h3-12,19H,2,13-18H2,1H3,(H,31,34). The van der Waals surface area contributed by atoms with Gasteiger partial charge in [0.25, 0.3) is 5.91 Å². The Kier molecular flexibility index (Phi) is 8.73. The van der Waals surface area contributed by atoms with Gasteiger partial charge in [0, 0.05) is 54.1 Å². The van der Waals surface area contributed by atoms with E-state index in [1.165, 1.54) is 0 Å². The van der Waals surface area contributed by atoms with Gasteiger partial charge >= 0.3 is 5.97 Å². The van der Waals surface area contributed by atoms with Crippen LogP contribution >= 0.6 is 23.2 Å². The van der Waals surface area contributed by atoms with E-state index in [1.807, 2.05) is 48.5 Å². The molecule has 0 atom stereocenters. The Morgan fingerprint density at radius 3 is 2.17 bits per heavy atom. The summed E-state index contributed by atoms with van der Waals surface area (Å²) in [5, 5.41) is 4.26. The second-order valence-corrected chi connectivity index (χ2v) is 9.41. The van der Waals surface area contributed by atoms with Gasteiger partial charge in [-0.15, -0.1) is 0 Å². The lowest BCUT2D eigenvalue weighted by molar-refractivity contribution is 0.0526. The number of benzene rings is 3. The highest BCUT2D eigenvalue weighted by atomic mass is 35.5. The van der Waals surface area contributed by atoms with E-state index in [0.717, 1.165) is 48.1 Å². The summed E-state index contributed by atoms with van der Waals surface area (Å²) < 4.78 is 5.01. The topological polar surface area (TPSA) is 61.9 Å². The molecule has 3 aromatic carbocycles. The van der Waals surface area contributed by atoms with Gasteiger partial charge in [-0.2, -0.15) is 0 Å². The summed E-state index contributed by atoms with van der Waals surface area (Å²) in [6.07, 6.45) is 0.643. The van der Waals surface area contributed by atoms with Crippen molar-refractivity contribution in [1.82, 2.24) is 5.32 Å². The molecule has 0 spiro atoms. The minimum Gasteiger partial charge on any atom is -0.462 e. The highest BCUT2D eigenvalue weighted by Crippen LogP contribution is 2.27. The van der Waals surface area contributed by atoms with Crippen LogP contribution in [0, 0.1) is 0 Å². The maximum absolute atomic E-state index is 13.1. The largest absolute Gasteiger partial charge is 0.462 e. The third-order valence-electron chi connectivity index (χ3n) is 6.18. The Balaban J connectivity index is 1.35. The first-order valence-corrected chi connectivity index (χ1v) is 12.8. The van der Waals surface area contributed by atoms with Crippen LogP contribution in [-0.4, -0.2) is 51.2 Å². The molecule has 1 aliphatic heterocycles. The average Bonchev–Trinajstić information content (AvgIpc) is 2.90. The van der Waals surface area contributed by atoms with E-state index in [9.17, 15) is 9.59 Å². The first-order valence-electron chi connectivity index (χ1n) is 12.0. The molecule has 1 fully saturated rings. The molecule has 1 amide bonds. The minimum absolute atomic E-state index is 0.157. The number of nitrogens with zero attached hydrogens (tertiary/aromatic N) is 2. The van der Waals surface area contributed by atoms with Crippen LogP contribution < -0.4 is 15.1 Å². The fourth-order valence-electron chi connectivity index (χ4n) is 4.26. The van der Waals surface area contributed by atoms with Crippen molar-refractivity contribution in [2.45, 2.75) is 13.3 Å². The molecule has 1 heterocycles. The number of rotatable bonds is 8. The molecule has 6 nitrogen and oxygen atoms in total. The number of nitrogens with one attached hydrogen (secondary N) is 1. The van der Waals surface area contributed by atoms with Gasteiger partial charge in [-0.3, -0.25) is 4.79 Å². The summed E-state index contributed by atoms with van der Waals surface area (Å²) in [5.41, 5.74) is 4.13. The van der Waals surface area contributed by atoms with Crippen LogP contribution in [0.25, 0.3) is 0 Å². The molecule has 36 heavy (non-hydrogen) atoms. The van der Waals surface area contributed by atoms with E-state index < -0.39 is 0 Å². The van der Waals surface area contributed by atoms with Gasteiger partial charge in [0.15, 0.2) is 0 Å². The zero-order chi connectivity index (χ0) is 25.5. The van der Waals surface area contributed by atoms with Crippen molar-refractivity contribution in [1.29, 1.82) is 0 Å². The van der Waals surface area contributed by atoms with Gasteiger partial charge in [0.05, 0.1) is 17.7 Å². The number of carbonyl (C=O) groups excluding carboxylic acids is 2. The lowest BCUT2D eigenvalue weighted by atomic mass is 10.1. The molecular formula is C28H29Cl2N3O3. The summed E-state index contributed by atoms with van der Waals surface area (Å²) in [6.45, 7) is 5.85. The maximum atomic E-state index is 13.1. The van der Waals surface area contributed by atoms with Crippen LogP contribution in [0.1, 0.15) is 33.2 Å². The molecule has 0 saturated carbocycles. The number of esters is 1. The number of hydrogen-bond donors (Lipinski definition) is 1. The number of amides is 1. The molecule has 0 aliphatic carbocycles. The van der Waals surface area contributed by atoms with Crippen molar-refractivity contribution in [3.8, 4) is 0 Å². The van der Waals surface area contributed by atoms with Crippen LogP contribution in [0.5, 0.6) is 0 Å². The first kappa shape index (κ1) is 25.9. The molecule has 3 aromatic rings. The van der Waals surface area contributed by atoms with Crippen molar-refractivity contribution in [3.63, 3.8) is 0 Å². The third-order valence-corrected chi connectivity index (χ3v) is 6.67. The van der Waals surface area contributed by atoms with Gasteiger partial charge in [-0.25, -0.2) is 4.79 Å². The molecule has 188 valence electrons. The summed E-state index contributed by atoms with van der Waals surface area (Å²) in [6, 6.07) is 20.6. The monoisotopic (exact) mass is 525 g/mol. The Bertz CT molecular complexity index is 1190. The minimum atomic E-state index is -0.333. The van der Waals surface area contributed by atoms with Crippen LogP contribution in [0.15, 0.2) is 66.7 Å². The third kappa shape index (κ3) is 6.50. The fourth-order valence-corrected chi connectivity index (χ4v) is 4.56. The predicted octanol–water partition coefficient (Wildman–Crippen LogP) is 5.47. The van der Waals surface area contributed by atoms with Crippen molar-refractivity contribution < 1.29 is 14.3 Å². The van der Waals surface area contributed by atoms with E-state index >= 15 is 0 Å². The maximum Gasteiger partial charge on any atom is 0.338 e. The van der Waals surface area contributed by atoms with E-state index in [0.29, 0.717) is 35.7 Å². The molecule has 0 bridgehead atoms. The lowest BCUT2D eigenvalue weighted by Gasteiger charge is -2.38.